The van der Waals surface area contributed by atoms with Crippen LogP contribution in [0.2, 0.25) is 0 Å². The van der Waals surface area contributed by atoms with Crippen molar-refractivity contribution in [1.29, 1.82) is 0 Å². The molecule has 0 bridgehead atoms. The second kappa shape index (κ2) is 8.64. The van der Waals surface area contributed by atoms with E-state index in [0.717, 1.165) is 5.56 Å². The van der Waals surface area contributed by atoms with Crippen molar-refractivity contribution in [3.8, 4) is 0 Å². The minimum atomic E-state index is -0.572. The molecule has 0 radical (unpaired) electrons. The predicted molar refractivity (Wildman–Crippen MR) is 83.0 cm³/mol. The summed E-state index contributed by atoms with van der Waals surface area (Å²) in [4.78, 5) is 11.5. The van der Waals surface area contributed by atoms with Crippen molar-refractivity contribution in [2.75, 3.05) is 19.7 Å². The van der Waals surface area contributed by atoms with Gasteiger partial charge in [-0.1, -0.05) is 51.1 Å². The van der Waals surface area contributed by atoms with Gasteiger partial charge in [-0.05, 0) is 11.0 Å². The van der Waals surface area contributed by atoms with Gasteiger partial charge in [-0.3, -0.25) is 0 Å². The number of aliphatic hydroxyl groups is 1. The number of carbonyl (C=O) groups excluding carboxylic acids is 1. The van der Waals surface area contributed by atoms with Gasteiger partial charge in [-0.2, -0.15) is 0 Å². The van der Waals surface area contributed by atoms with E-state index in [1.807, 2.05) is 51.1 Å². The van der Waals surface area contributed by atoms with E-state index >= 15 is 0 Å². The summed E-state index contributed by atoms with van der Waals surface area (Å²) in [5.41, 5.74) is 0.863. The van der Waals surface area contributed by atoms with Crippen LogP contribution in [0, 0.1) is 5.41 Å². The quantitative estimate of drug-likeness (QED) is 0.673. The second-order valence-electron chi connectivity index (χ2n) is 6.06. The lowest BCUT2D eigenvalue weighted by Crippen LogP contribution is -2.44. The average Bonchev–Trinajstić information content (AvgIpc) is 2.44. The highest BCUT2D eigenvalue weighted by Gasteiger charge is 2.22. The maximum absolute atomic E-state index is 11.5. The molecule has 1 unspecified atom stereocenters. The molecular formula is C16H26N2O3. The number of rotatable bonds is 7. The van der Waals surface area contributed by atoms with E-state index in [1.165, 1.54) is 0 Å². The normalized spacial score (nSPS) is 12.8. The SMILES string of the molecule is CC(C)(C)C(O)CNC(=O)NCCOCc1ccccc1. The number of hydrogen-bond acceptors (Lipinski definition) is 3. The zero-order valence-electron chi connectivity index (χ0n) is 13.1. The van der Waals surface area contributed by atoms with E-state index in [2.05, 4.69) is 10.6 Å². The van der Waals surface area contributed by atoms with Crippen molar-refractivity contribution < 1.29 is 14.6 Å². The topological polar surface area (TPSA) is 70.6 Å². The molecule has 0 aliphatic rings. The Hall–Kier alpha value is -1.59. The number of urea groups is 1. The molecule has 0 spiro atoms. The monoisotopic (exact) mass is 294 g/mol. The zero-order chi connectivity index (χ0) is 15.7. The van der Waals surface area contributed by atoms with Gasteiger partial charge in [0.25, 0.3) is 0 Å². The van der Waals surface area contributed by atoms with Crippen LogP contribution in [-0.4, -0.2) is 36.9 Å². The molecule has 21 heavy (non-hydrogen) atoms. The molecule has 0 saturated carbocycles. The highest BCUT2D eigenvalue weighted by Crippen LogP contribution is 2.17. The van der Waals surface area contributed by atoms with Crippen LogP contribution in [0.25, 0.3) is 0 Å². The first-order valence-electron chi connectivity index (χ1n) is 7.21. The Labute approximate surface area is 126 Å². The van der Waals surface area contributed by atoms with E-state index < -0.39 is 6.10 Å². The Morgan fingerprint density at radius 1 is 1.24 bits per heavy atom. The average molecular weight is 294 g/mol. The van der Waals surface area contributed by atoms with Gasteiger partial charge in [0.2, 0.25) is 0 Å². The molecule has 5 heteroatoms. The van der Waals surface area contributed by atoms with Crippen LogP contribution >= 0.6 is 0 Å². The first kappa shape index (κ1) is 17.5. The Morgan fingerprint density at radius 2 is 1.90 bits per heavy atom. The third-order valence-electron chi connectivity index (χ3n) is 3.10. The summed E-state index contributed by atoms with van der Waals surface area (Å²) in [7, 11) is 0. The molecule has 118 valence electrons. The van der Waals surface area contributed by atoms with Crippen LogP contribution in [0.1, 0.15) is 26.3 Å². The minimum Gasteiger partial charge on any atom is -0.391 e. The predicted octanol–water partition coefficient (Wildman–Crippen LogP) is 1.91. The number of aliphatic hydroxyl groups excluding tert-OH is 1. The molecule has 3 N–H and O–H groups in total. The summed E-state index contributed by atoms with van der Waals surface area (Å²) >= 11 is 0. The van der Waals surface area contributed by atoms with E-state index in [1.54, 1.807) is 0 Å². The van der Waals surface area contributed by atoms with Crippen molar-refractivity contribution in [3.05, 3.63) is 35.9 Å². The number of carbonyl (C=O) groups is 1. The first-order valence-corrected chi connectivity index (χ1v) is 7.21. The third kappa shape index (κ3) is 7.68. The molecule has 2 amide bonds. The smallest absolute Gasteiger partial charge is 0.314 e. The Balaban J connectivity index is 2.06. The summed E-state index contributed by atoms with van der Waals surface area (Å²) in [5.74, 6) is 0. The van der Waals surface area contributed by atoms with Gasteiger partial charge in [-0.15, -0.1) is 0 Å². The molecule has 0 aromatic heterocycles. The van der Waals surface area contributed by atoms with Crippen molar-refractivity contribution in [2.45, 2.75) is 33.5 Å². The van der Waals surface area contributed by atoms with Crippen molar-refractivity contribution in [3.63, 3.8) is 0 Å². The summed E-state index contributed by atoms with van der Waals surface area (Å²) in [5, 5.41) is 15.1. The Kier molecular flexibility index (Phi) is 7.19. The van der Waals surface area contributed by atoms with Crippen molar-refractivity contribution >= 4 is 6.03 Å². The van der Waals surface area contributed by atoms with Crippen molar-refractivity contribution in [1.82, 2.24) is 10.6 Å². The van der Waals surface area contributed by atoms with E-state index in [-0.39, 0.29) is 18.0 Å². The van der Waals surface area contributed by atoms with Gasteiger partial charge < -0.3 is 20.5 Å². The van der Waals surface area contributed by atoms with Gasteiger partial charge in [-0.25, -0.2) is 4.79 Å². The molecule has 1 aromatic rings. The van der Waals surface area contributed by atoms with Gasteiger partial charge in [0.05, 0.1) is 19.3 Å². The summed E-state index contributed by atoms with van der Waals surface area (Å²) in [6.45, 7) is 7.43. The van der Waals surface area contributed by atoms with E-state index in [4.69, 9.17) is 4.74 Å². The molecule has 1 atom stereocenters. The number of benzene rings is 1. The maximum Gasteiger partial charge on any atom is 0.314 e. The Morgan fingerprint density at radius 3 is 2.52 bits per heavy atom. The van der Waals surface area contributed by atoms with Crippen LogP contribution in [0.15, 0.2) is 30.3 Å². The van der Waals surface area contributed by atoms with Gasteiger partial charge in [0.15, 0.2) is 0 Å². The second-order valence-corrected chi connectivity index (χ2v) is 6.06. The number of nitrogens with one attached hydrogen (secondary N) is 2. The molecule has 5 nitrogen and oxygen atoms in total. The molecule has 0 heterocycles. The summed E-state index contributed by atoms with van der Waals surface area (Å²) in [6.07, 6.45) is -0.572. The maximum atomic E-state index is 11.5. The highest BCUT2D eigenvalue weighted by molar-refractivity contribution is 5.73. The standard InChI is InChI=1S/C16H26N2O3/c1-16(2,3)14(19)11-18-15(20)17-9-10-21-12-13-7-5-4-6-8-13/h4-8,14,19H,9-12H2,1-3H3,(H2,17,18,20). The number of ether oxygens (including phenoxy) is 1. The van der Waals surface area contributed by atoms with Crippen LogP contribution < -0.4 is 10.6 Å². The Bertz CT molecular complexity index is 415. The highest BCUT2D eigenvalue weighted by atomic mass is 16.5. The molecule has 0 aliphatic heterocycles. The van der Waals surface area contributed by atoms with Crippen LogP contribution in [0.3, 0.4) is 0 Å². The fraction of sp³-hybridized carbons (Fsp3) is 0.562. The largest absolute Gasteiger partial charge is 0.391 e. The molecule has 1 aromatic carbocycles. The zero-order valence-corrected chi connectivity index (χ0v) is 13.1. The van der Waals surface area contributed by atoms with E-state index in [0.29, 0.717) is 19.8 Å². The third-order valence-corrected chi connectivity index (χ3v) is 3.10. The lowest BCUT2D eigenvalue weighted by molar-refractivity contribution is 0.0648. The van der Waals surface area contributed by atoms with Crippen molar-refractivity contribution in [2.24, 2.45) is 5.41 Å². The molecule has 0 aliphatic carbocycles. The van der Waals surface area contributed by atoms with Gasteiger partial charge in [0, 0.05) is 13.1 Å². The number of hydrogen-bond donors (Lipinski definition) is 3. The molecule has 0 fully saturated rings. The molecule has 1 rings (SSSR count). The first-order chi connectivity index (χ1) is 9.89. The lowest BCUT2D eigenvalue weighted by Gasteiger charge is -2.25. The lowest BCUT2D eigenvalue weighted by atomic mass is 9.89. The molecule has 0 saturated heterocycles. The van der Waals surface area contributed by atoms with Gasteiger partial charge in [0.1, 0.15) is 0 Å². The minimum absolute atomic E-state index is 0.236. The van der Waals surface area contributed by atoms with Crippen LogP contribution in [0.5, 0.6) is 0 Å². The summed E-state index contributed by atoms with van der Waals surface area (Å²) in [6, 6.07) is 9.58. The molecular weight excluding hydrogens is 268 g/mol. The van der Waals surface area contributed by atoms with E-state index in [9.17, 15) is 9.90 Å². The van der Waals surface area contributed by atoms with Gasteiger partial charge >= 0.3 is 6.03 Å². The fourth-order valence-corrected chi connectivity index (χ4v) is 1.56. The number of amides is 2. The fourth-order valence-electron chi connectivity index (χ4n) is 1.56. The van der Waals surface area contributed by atoms with Crippen LogP contribution in [-0.2, 0) is 11.3 Å². The summed E-state index contributed by atoms with van der Waals surface area (Å²) < 4.78 is 5.46. The van der Waals surface area contributed by atoms with Crippen LogP contribution in [0.4, 0.5) is 4.79 Å².